The summed E-state index contributed by atoms with van der Waals surface area (Å²) in [5.74, 6) is 2.24. The summed E-state index contributed by atoms with van der Waals surface area (Å²) in [7, 11) is 3.55. The third-order valence-electron chi connectivity index (χ3n) is 3.65. The fourth-order valence-electron chi connectivity index (χ4n) is 2.49. The molecule has 2 nitrogen and oxygen atoms in total. The molecular formula is C16H28O2. The van der Waals surface area contributed by atoms with Crippen LogP contribution in [0, 0.1) is 10.8 Å². The largest absolute Gasteiger partial charge is 0.501 e. The SMILES string of the molecule is COC1=C(C(C)(C)C)CC(OC)=C(C(C)(C)C)C1. The van der Waals surface area contributed by atoms with Crippen molar-refractivity contribution in [1.29, 1.82) is 0 Å². The molecule has 1 aliphatic rings. The first-order chi connectivity index (χ1) is 8.11. The van der Waals surface area contributed by atoms with Crippen molar-refractivity contribution in [3.8, 4) is 0 Å². The molecule has 104 valence electrons. The number of allylic oxidation sites excluding steroid dienone is 2. The Morgan fingerprint density at radius 1 is 0.667 bits per heavy atom. The van der Waals surface area contributed by atoms with Crippen molar-refractivity contribution < 1.29 is 9.47 Å². The van der Waals surface area contributed by atoms with Crippen LogP contribution in [0.3, 0.4) is 0 Å². The van der Waals surface area contributed by atoms with Gasteiger partial charge in [0.1, 0.15) is 0 Å². The van der Waals surface area contributed by atoms with Crippen molar-refractivity contribution in [2.75, 3.05) is 14.2 Å². The topological polar surface area (TPSA) is 18.5 Å². The molecule has 0 amide bonds. The van der Waals surface area contributed by atoms with Gasteiger partial charge in [0.2, 0.25) is 0 Å². The molecule has 0 N–H and O–H groups in total. The van der Waals surface area contributed by atoms with E-state index in [0.29, 0.717) is 0 Å². The van der Waals surface area contributed by atoms with Crippen LogP contribution in [0.5, 0.6) is 0 Å². The molecule has 0 saturated carbocycles. The Kier molecular flexibility index (Phi) is 4.19. The third kappa shape index (κ3) is 3.09. The van der Waals surface area contributed by atoms with Gasteiger partial charge in [0, 0.05) is 12.8 Å². The Morgan fingerprint density at radius 3 is 1.11 bits per heavy atom. The third-order valence-corrected chi connectivity index (χ3v) is 3.65. The number of hydrogen-bond acceptors (Lipinski definition) is 2. The van der Waals surface area contributed by atoms with Gasteiger partial charge in [-0.2, -0.15) is 0 Å². The molecule has 0 aromatic carbocycles. The molecule has 0 aliphatic heterocycles. The summed E-state index contributed by atoms with van der Waals surface area (Å²) in [5.41, 5.74) is 2.96. The fourth-order valence-corrected chi connectivity index (χ4v) is 2.49. The second-order valence-electron chi connectivity index (χ2n) is 7.07. The van der Waals surface area contributed by atoms with Crippen LogP contribution in [0.4, 0.5) is 0 Å². The first-order valence-corrected chi connectivity index (χ1v) is 6.64. The zero-order chi connectivity index (χ0) is 14.1. The zero-order valence-electron chi connectivity index (χ0n) is 13.2. The van der Waals surface area contributed by atoms with Crippen molar-refractivity contribution >= 4 is 0 Å². The first kappa shape index (κ1) is 15.1. The Bertz CT molecular complexity index is 335. The van der Waals surface area contributed by atoms with Crippen LogP contribution in [0.25, 0.3) is 0 Å². The van der Waals surface area contributed by atoms with E-state index >= 15 is 0 Å². The second-order valence-corrected chi connectivity index (χ2v) is 7.07. The van der Waals surface area contributed by atoms with Gasteiger partial charge in [0.15, 0.2) is 0 Å². The molecule has 1 rings (SSSR count). The molecule has 0 unspecified atom stereocenters. The van der Waals surface area contributed by atoms with E-state index in [-0.39, 0.29) is 10.8 Å². The van der Waals surface area contributed by atoms with Crippen LogP contribution < -0.4 is 0 Å². The molecule has 0 spiro atoms. The van der Waals surface area contributed by atoms with E-state index in [9.17, 15) is 0 Å². The normalized spacial score (nSPS) is 18.2. The van der Waals surface area contributed by atoms with Gasteiger partial charge in [0.25, 0.3) is 0 Å². The molecule has 0 radical (unpaired) electrons. The van der Waals surface area contributed by atoms with Crippen LogP contribution in [0.15, 0.2) is 22.7 Å². The minimum Gasteiger partial charge on any atom is -0.501 e. The minimum absolute atomic E-state index is 0.124. The van der Waals surface area contributed by atoms with E-state index in [1.807, 2.05) is 0 Å². The smallest absolute Gasteiger partial charge is 0.0999 e. The summed E-state index contributed by atoms with van der Waals surface area (Å²) in [6.07, 6.45) is 1.74. The maximum Gasteiger partial charge on any atom is 0.0999 e. The lowest BCUT2D eigenvalue weighted by Crippen LogP contribution is -2.23. The van der Waals surface area contributed by atoms with Crippen molar-refractivity contribution in [1.82, 2.24) is 0 Å². The summed E-state index contributed by atoms with van der Waals surface area (Å²) < 4.78 is 11.3. The van der Waals surface area contributed by atoms with Crippen LogP contribution in [-0.2, 0) is 9.47 Å². The van der Waals surface area contributed by atoms with Gasteiger partial charge in [0.05, 0.1) is 25.7 Å². The average molecular weight is 252 g/mol. The molecule has 0 atom stereocenters. The van der Waals surface area contributed by atoms with E-state index in [2.05, 4.69) is 41.5 Å². The Labute approximate surface area is 112 Å². The number of hydrogen-bond donors (Lipinski definition) is 0. The lowest BCUT2D eigenvalue weighted by atomic mass is 9.74. The first-order valence-electron chi connectivity index (χ1n) is 6.64. The van der Waals surface area contributed by atoms with Gasteiger partial charge >= 0.3 is 0 Å². The van der Waals surface area contributed by atoms with Crippen LogP contribution in [-0.4, -0.2) is 14.2 Å². The molecular weight excluding hydrogens is 224 g/mol. The zero-order valence-corrected chi connectivity index (χ0v) is 13.2. The van der Waals surface area contributed by atoms with E-state index in [1.54, 1.807) is 14.2 Å². The minimum atomic E-state index is 0.124. The van der Waals surface area contributed by atoms with Gasteiger partial charge in [-0.1, -0.05) is 41.5 Å². The Morgan fingerprint density at radius 2 is 0.944 bits per heavy atom. The van der Waals surface area contributed by atoms with E-state index in [0.717, 1.165) is 24.4 Å². The molecule has 0 bridgehead atoms. The number of ether oxygens (including phenoxy) is 2. The number of rotatable bonds is 2. The van der Waals surface area contributed by atoms with Crippen LogP contribution in [0.1, 0.15) is 54.4 Å². The standard InChI is InChI=1S/C16H28O2/c1-15(2,3)11-9-14(18-8)12(16(4,5)6)10-13(11)17-7/h9-10H2,1-8H3. The molecule has 0 fully saturated rings. The highest BCUT2D eigenvalue weighted by Crippen LogP contribution is 2.45. The summed E-state index contributed by atoms with van der Waals surface area (Å²) in [5, 5.41) is 0. The molecule has 0 saturated heterocycles. The maximum absolute atomic E-state index is 5.64. The summed E-state index contributed by atoms with van der Waals surface area (Å²) in [4.78, 5) is 0. The highest BCUT2D eigenvalue weighted by atomic mass is 16.5. The van der Waals surface area contributed by atoms with E-state index < -0.39 is 0 Å². The van der Waals surface area contributed by atoms with Crippen molar-refractivity contribution in [3.05, 3.63) is 22.7 Å². The molecule has 0 aromatic rings. The van der Waals surface area contributed by atoms with Crippen molar-refractivity contribution in [2.24, 2.45) is 10.8 Å². The average Bonchev–Trinajstić information content (AvgIpc) is 2.24. The molecule has 18 heavy (non-hydrogen) atoms. The van der Waals surface area contributed by atoms with E-state index in [4.69, 9.17) is 9.47 Å². The monoisotopic (exact) mass is 252 g/mol. The molecule has 1 aliphatic carbocycles. The highest BCUT2D eigenvalue weighted by molar-refractivity contribution is 5.34. The molecule has 0 heterocycles. The Balaban J connectivity index is 3.20. The number of methoxy groups -OCH3 is 2. The van der Waals surface area contributed by atoms with Gasteiger partial charge < -0.3 is 9.47 Å². The maximum atomic E-state index is 5.64. The van der Waals surface area contributed by atoms with Gasteiger partial charge in [-0.05, 0) is 22.0 Å². The highest BCUT2D eigenvalue weighted by Gasteiger charge is 2.33. The lowest BCUT2D eigenvalue weighted by Gasteiger charge is -2.35. The summed E-state index contributed by atoms with van der Waals surface area (Å²) >= 11 is 0. The molecule has 2 heteroatoms. The van der Waals surface area contributed by atoms with Gasteiger partial charge in [-0.3, -0.25) is 0 Å². The quantitative estimate of drug-likeness (QED) is 0.711. The van der Waals surface area contributed by atoms with Crippen molar-refractivity contribution in [2.45, 2.75) is 54.4 Å². The predicted octanol–water partition coefficient (Wildman–Crippen LogP) is 4.67. The Hall–Kier alpha value is -0.920. The second kappa shape index (κ2) is 4.99. The lowest BCUT2D eigenvalue weighted by molar-refractivity contribution is 0.218. The van der Waals surface area contributed by atoms with Gasteiger partial charge in [-0.15, -0.1) is 0 Å². The van der Waals surface area contributed by atoms with Gasteiger partial charge in [-0.25, -0.2) is 0 Å². The van der Waals surface area contributed by atoms with Crippen LogP contribution >= 0.6 is 0 Å². The fraction of sp³-hybridized carbons (Fsp3) is 0.750. The summed E-state index contributed by atoms with van der Waals surface area (Å²) in [6, 6.07) is 0. The predicted molar refractivity (Wildman–Crippen MR) is 76.2 cm³/mol. The van der Waals surface area contributed by atoms with Crippen molar-refractivity contribution in [3.63, 3.8) is 0 Å². The molecule has 0 aromatic heterocycles. The summed E-state index contributed by atoms with van der Waals surface area (Å²) in [6.45, 7) is 13.4. The van der Waals surface area contributed by atoms with Crippen LogP contribution in [0.2, 0.25) is 0 Å². The van der Waals surface area contributed by atoms with E-state index in [1.165, 1.54) is 11.1 Å².